The second-order valence-electron chi connectivity index (χ2n) is 5.56. The number of hydrogen-bond donors (Lipinski definition) is 2. The fourth-order valence-corrected chi connectivity index (χ4v) is 2.58. The highest BCUT2D eigenvalue weighted by Gasteiger charge is 2.26. The molecule has 1 heterocycles. The number of tetrazole rings is 1. The van der Waals surface area contributed by atoms with Crippen molar-refractivity contribution in [3.05, 3.63) is 59.9 Å². The first-order chi connectivity index (χ1) is 12.7. The van der Waals surface area contributed by atoms with Crippen molar-refractivity contribution < 1.29 is 14.3 Å². The van der Waals surface area contributed by atoms with Gasteiger partial charge >= 0.3 is 0 Å². The zero-order valence-electron chi connectivity index (χ0n) is 14.5. The number of anilines is 1. The Bertz CT molecular complexity index is 850. The number of para-hydroxylation sites is 2. The molecule has 0 saturated carbocycles. The third kappa shape index (κ3) is 3.97. The number of nitrogens with one attached hydrogen (secondary N) is 2. The summed E-state index contributed by atoms with van der Waals surface area (Å²) in [5.74, 6) is 0.812. The summed E-state index contributed by atoms with van der Waals surface area (Å²) in [4.78, 5) is 12.9. The van der Waals surface area contributed by atoms with Gasteiger partial charge in [0.05, 0.1) is 19.9 Å². The van der Waals surface area contributed by atoms with Gasteiger partial charge in [-0.2, -0.15) is 5.21 Å². The smallest absolute Gasteiger partial charge is 0.235 e. The highest BCUT2D eigenvalue weighted by atomic mass is 16.5. The number of ether oxygens (including phenoxy) is 2. The van der Waals surface area contributed by atoms with Crippen molar-refractivity contribution in [3.8, 4) is 11.5 Å². The van der Waals surface area contributed by atoms with Crippen LogP contribution >= 0.6 is 0 Å². The molecule has 0 aliphatic carbocycles. The van der Waals surface area contributed by atoms with Gasteiger partial charge < -0.3 is 14.8 Å². The van der Waals surface area contributed by atoms with E-state index < -0.39 is 5.92 Å². The van der Waals surface area contributed by atoms with Gasteiger partial charge in [-0.05, 0) is 36.2 Å². The molecule has 1 amide bonds. The minimum absolute atomic E-state index is 0.244. The summed E-state index contributed by atoms with van der Waals surface area (Å²) in [7, 11) is 3.16. The van der Waals surface area contributed by atoms with Gasteiger partial charge in [0.1, 0.15) is 17.4 Å². The first-order valence-corrected chi connectivity index (χ1v) is 8.01. The first-order valence-electron chi connectivity index (χ1n) is 8.01. The van der Waals surface area contributed by atoms with Gasteiger partial charge in [0, 0.05) is 0 Å². The third-order valence-corrected chi connectivity index (χ3v) is 3.95. The summed E-state index contributed by atoms with van der Waals surface area (Å²) < 4.78 is 10.4. The van der Waals surface area contributed by atoms with Gasteiger partial charge in [-0.25, -0.2) is 0 Å². The van der Waals surface area contributed by atoms with Crippen molar-refractivity contribution >= 4 is 11.6 Å². The highest BCUT2D eigenvalue weighted by molar-refractivity contribution is 5.96. The minimum atomic E-state index is -0.605. The number of carbonyl (C=O) groups excluding carboxylic acids is 1. The summed E-state index contributed by atoms with van der Waals surface area (Å²) in [5.41, 5.74) is 1.54. The number of hydrogen-bond acceptors (Lipinski definition) is 6. The van der Waals surface area contributed by atoms with Crippen molar-refractivity contribution in [2.24, 2.45) is 0 Å². The number of aromatic nitrogens is 4. The Morgan fingerprint density at radius 3 is 2.54 bits per heavy atom. The molecule has 0 aliphatic heterocycles. The Balaban J connectivity index is 1.82. The molecule has 2 N–H and O–H groups in total. The van der Waals surface area contributed by atoms with Crippen LogP contribution in [0, 0.1) is 0 Å². The summed E-state index contributed by atoms with van der Waals surface area (Å²) in [6.07, 6.45) is 0.421. The van der Waals surface area contributed by atoms with Crippen LogP contribution in [0.5, 0.6) is 11.5 Å². The van der Waals surface area contributed by atoms with Crippen LogP contribution < -0.4 is 14.8 Å². The summed E-state index contributed by atoms with van der Waals surface area (Å²) in [5, 5.41) is 16.8. The van der Waals surface area contributed by atoms with E-state index in [-0.39, 0.29) is 5.91 Å². The van der Waals surface area contributed by atoms with Crippen LogP contribution in [0.15, 0.2) is 48.5 Å². The molecule has 0 saturated heterocycles. The van der Waals surface area contributed by atoms with Crippen molar-refractivity contribution in [2.45, 2.75) is 12.3 Å². The SMILES string of the molecule is COc1ccc(CC(C(=O)Nc2ccccc2OC)c2nn[nH]n2)cc1. The lowest BCUT2D eigenvalue weighted by molar-refractivity contribution is -0.117. The summed E-state index contributed by atoms with van der Waals surface area (Å²) >= 11 is 0. The van der Waals surface area contributed by atoms with E-state index in [1.165, 1.54) is 0 Å². The zero-order chi connectivity index (χ0) is 18.4. The zero-order valence-corrected chi connectivity index (χ0v) is 14.5. The van der Waals surface area contributed by atoms with Gasteiger partial charge in [-0.3, -0.25) is 4.79 Å². The molecule has 3 aromatic rings. The highest BCUT2D eigenvalue weighted by Crippen LogP contribution is 2.26. The Morgan fingerprint density at radius 1 is 1.12 bits per heavy atom. The number of benzene rings is 2. The fraction of sp³-hybridized carbons (Fsp3) is 0.222. The Labute approximate surface area is 150 Å². The molecule has 8 heteroatoms. The second kappa shape index (κ2) is 8.11. The molecule has 134 valence electrons. The topological polar surface area (TPSA) is 102 Å². The number of aromatic amines is 1. The van der Waals surface area contributed by atoms with Crippen LogP contribution in [0.25, 0.3) is 0 Å². The van der Waals surface area contributed by atoms with E-state index in [2.05, 4.69) is 25.9 Å². The molecule has 1 atom stereocenters. The molecular weight excluding hydrogens is 334 g/mol. The van der Waals surface area contributed by atoms with E-state index in [4.69, 9.17) is 9.47 Å². The quantitative estimate of drug-likeness (QED) is 0.675. The predicted molar refractivity (Wildman–Crippen MR) is 95.2 cm³/mol. The van der Waals surface area contributed by atoms with Crippen LogP contribution in [0.2, 0.25) is 0 Å². The molecule has 0 bridgehead atoms. The lowest BCUT2D eigenvalue weighted by Crippen LogP contribution is -2.24. The first kappa shape index (κ1) is 17.4. The standard InChI is InChI=1S/C18H19N5O3/c1-25-13-9-7-12(8-10-13)11-14(17-20-22-23-21-17)18(24)19-15-5-3-4-6-16(15)26-2/h3-10,14H,11H2,1-2H3,(H,19,24)(H,20,21,22,23). The van der Waals surface area contributed by atoms with Crippen LogP contribution in [0.4, 0.5) is 5.69 Å². The molecular formula is C18H19N5O3. The van der Waals surface area contributed by atoms with E-state index in [1.807, 2.05) is 36.4 Å². The Kier molecular flexibility index (Phi) is 5.43. The molecule has 8 nitrogen and oxygen atoms in total. The summed E-state index contributed by atoms with van der Waals surface area (Å²) in [6, 6.07) is 14.7. The number of methoxy groups -OCH3 is 2. The number of H-pyrrole nitrogens is 1. The molecule has 26 heavy (non-hydrogen) atoms. The molecule has 3 rings (SSSR count). The molecule has 0 fully saturated rings. The molecule has 2 aromatic carbocycles. The average Bonchev–Trinajstić information content (AvgIpc) is 3.21. The predicted octanol–water partition coefficient (Wildman–Crippen LogP) is 2.18. The Hall–Kier alpha value is -3.42. The third-order valence-electron chi connectivity index (χ3n) is 3.95. The van der Waals surface area contributed by atoms with Gasteiger partial charge in [0.15, 0.2) is 5.82 Å². The van der Waals surface area contributed by atoms with Gasteiger partial charge in [-0.15, -0.1) is 10.2 Å². The second-order valence-corrected chi connectivity index (χ2v) is 5.56. The van der Waals surface area contributed by atoms with Gasteiger partial charge in [-0.1, -0.05) is 29.5 Å². The van der Waals surface area contributed by atoms with Crippen molar-refractivity contribution in [1.82, 2.24) is 20.6 Å². The van der Waals surface area contributed by atoms with E-state index in [0.717, 1.165) is 11.3 Å². The van der Waals surface area contributed by atoms with E-state index in [0.29, 0.717) is 23.7 Å². The van der Waals surface area contributed by atoms with E-state index in [1.54, 1.807) is 26.4 Å². The molecule has 1 aromatic heterocycles. The van der Waals surface area contributed by atoms with Crippen molar-refractivity contribution in [3.63, 3.8) is 0 Å². The average molecular weight is 353 g/mol. The van der Waals surface area contributed by atoms with Gasteiger partial charge in [0.25, 0.3) is 0 Å². The molecule has 0 radical (unpaired) electrons. The van der Waals surface area contributed by atoms with E-state index >= 15 is 0 Å². The molecule has 0 spiro atoms. The molecule has 0 aliphatic rings. The van der Waals surface area contributed by atoms with Gasteiger partial charge in [0.2, 0.25) is 5.91 Å². The number of carbonyl (C=O) groups is 1. The normalized spacial score (nSPS) is 11.6. The van der Waals surface area contributed by atoms with Crippen molar-refractivity contribution in [1.29, 1.82) is 0 Å². The van der Waals surface area contributed by atoms with Crippen LogP contribution in [-0.2, 0) is 11.2 Å². The van der Waals surface area contributed by atoms with E-state index in [9.17, 15) is 4.79 Å². The maximum Gasteiger partial charge on any atom is 0.235 e. The Morgan fingerprint density at radius 2 is 1.88 bits per heavy atom. The van der Waals surface area contributed by atoms with Crippen molar-refractivity contribution in [2.75, 3.05) is 19.5 Å². The lowest BCUT2D eigenvalue weighted by atomic mass is 9.97. The largest absolute Gasteiger partial charge is 0.497 e. The van der Waals surface area contributed by atoms with Crippen LogP contribution in [0.1, 0.15) is 17.3 Å². The number of rotatable bonds is 7. The maximum absolute atomic E-state index is 12.9. The summed E-state index contributed by atoms with van der Waals surface area (Å²) in [6.45, 7) is 0. The fourth-order valence-electron chi connectivity index (χ4n) is 2.58. The number of amides is 1. The minimum Gasteiger partial charge on any atom is -0.497 e. The van der Waals surface area contributed by atoms with Crippen LogP contribution in [-0.4, -0.2) is 40.8 Å². The lowest BCUT2D eigenvalue weighted by Gasteiger charge is -2.15. The van der Waals surface area contributed by atoms with Crippen LogP contribution in [0.3, 0.4) is 0 Å². The monoisotopic (exact) mass is 353 g/mol. The molecule has 1 unspecified atom stereocenters. The number of nitrogens with zero attached hydrogens (tertiary/aromatic N) is 3. The maximum atomic E-state index is 12.9.